The lowest BCUT2D eigenvalue weighted by Gasteiger charge is -2.04. The average Bonchev–Trinajstić information content (AvgIpc) is 2.98. The summed E-state index contributed by atoms with van der Waals surface area (Å²) in [5, 5.41) is 7.33. The van der Waals surface area contributed by atoms with Crippen molar-refractivity contribution in [3.05, 3.63) is 47.8 Å². The van der Waals surface area contributed by atoms with E-state index in [0.29, 0.717) is 17.4 Å². The van der Waals surface area contributed by atoms with Gasteiger partial charge in [-0.15, -0.1) is 0 Å². The zero-order valence-electron chi connectivity index (χ0n) is 9.84. The van der Waals surface area contributed by atoms with Gasteiger partial charge >= 0.3 is 0 Å². The summed E-state index contributed by atoms with van der Waals surface area (Å²) in [7, 11) is 0. The zero-order chi connectivity index (χ0) is 12.8. The van der Waals surface area contributed by atoms with E-state index in [4.69, 9.17) is 21.1 Å². The van der Waals surface area contributed by atoms with Gasteiger partial charge in [0.2, 0.25) is 0 Å². The maximum Gasteiger partial charge on any atom is 0.187 e. The summed E-state index contributed by atoms with van der Waals surface area (Å²) in [5.41, 5.74) is 2.69. The van der Waals surface area contributed by atoms with Gasteiger partial charge in [-0.1, -0.05) is 0 Å². The molecule has 0 aliphatic heterocycles. The molecule has 2 N–H and O–H groups in total. The van der Waals surface area contributed by atoms with E-state index < -0.39 is 0 Å². The normalized spacial score (nSPS) is 10.7. The lowest BCUT2D eigenvalue weighted by Crippen LogP contribution is -2.31. The van der Waals surface area contributed by atoms with E-state index in [0.717, 1.165) is 11.5 Å². The van der Waals surface area contributed by atoms with E-state index in [9.17, 15) is 0 Å². The predicted octanol–water partition coefficient (Wildman–Crippen LogP) is 2.18. The van der Waals surface area contributed by atoms with Crippen molar-refractivity contribution in [3.8, 4) is 0 Å². The van der Waals surface area contributed by atoms with Crippen molar-refractivity contribution in [2.24, 2.45) is 5.10 Å². The van der Waals surface area contributed by atoms with Crippen LogP contribution in [0.15, 0.2) is 44.5 Å². The number of nitrogens with one attached hydrogen (secondary N) is 2. The van der Waals surface area contributed by atoms with Crippen LogP contribution in [-0.4, -0.2) is 11.3 Å². The fourth-order valence-corrected chi connectivity index (χ4v) is 1.42. The lowest BCUT2D eigenvalue weighted by molar-refractivity contribution is 0.502. The van der Waals surface area contributed by atoms with Crippen LogP contribution in [0.3, 0.4) is 0 Å². The van der Waals surface area contributed by atoms with Crippen LogP contribution in [-0.2, 0) is 6.54 Å². The van der Waals surface area contributed by atoms with E-state index in [2.05, 4.69) is 15.8 Å². The summed E-state index contributed by atoms with van der Waals surface area (Å²) in [6.07, 6.45) is 3.18. The molecule has 0 saturated carbocycles. The van der Waals surface area contributed by atoms with Gasteiger partial charge in [0.15, 0.2) is 5.11 Å². The van der Waals surface area contributed by atoms with E-state index in [-0.39, 0.29) is 0 Å². The van der Waals surface area contributed by atoms with Gasteiger partial charge in [-0.3, -0.25) is 5.43 Å². The molecule has 2 rings (SSSR count). The van der Waals surface area contributed by atoms with Crippen LogP contribution >= 0.6 is 12.2 Å². The molecule has 0 unspecified atom stereocenters. The van der Waals surface area contributed by atoms with Crippen LogP contribution in [0.5, 0.6) is 0 Å². The molecule has 2 heterocycles. The minimum absolute atomic E-state index is 0.422. The summed E-state index contributed by atoms with van der Waals surface area (Å²) < 4.78 is 10.5. The quantitative estimate of drug-likeness (QED) is 0.503. The van der Waals surface area contributed by atoms with Gasteiger partial charge in [0.1, 0.15) is 17.3 Å². The number of aryl methyl sites for hydroxylation is 1. The Morgan fingerprint density at radius 1 is 1.44 bits per heavy atom. The van der Waals surface area contributed by atoms with Gasteiger partial charge < -0.3 is 14.2 Å². The van der Waals surface area contributed by atoms with Crippen LogP contribution < -0.4 is 10.7 Å². The van der Waals surface area contributed by atoms with Crippen molar-refractivity contribution in [2.45, 2.75) is 13.5 Å². The highest BCUT2D eigenvalue weighted by Gasteiger charge is 1.97. The second-order valence-corrected chi connectivity index (χ2v) is 3.99. The molecule has 0 atom stereocenters. The van der Waals surface area contributed by atoms with Gasteiger partial charge in [-0.25, -0.2) is 0 Å². The van der Waals surface area contributed by atoms with Gasteiger partial charge in [-0.05, 0) is 43.4 Å². The van der Waals surface area contributed by atoms with Crippen molar-refractivity contribution in [1.29, 1.82) is 0 Å². The monoisotopic (exact) mass is 263 g/mol. The van der Waals surface area contributed by atoms with Crippen LogP contribution in [0.25, 0.3) is 0 Å². The Morgan fingerprint density at radius 2 is 2.33 bits per heavy atom. The molecular formula is C12H13N3O2S. The van der Waals surface area contributed by atoms with Crippen molar-refractivity contribution in [1.82, 2.24) is 10.7 Å². The lowest BCUT2D eigenvalue weighted by atomic mass is 10.4. The molecule has 0 aliphatic rings. The maximum absolute atomic E-state index is 5.32. The fraction of sp³-hybridized carbons (Fsp3) is 0.167. The van der Waals surface area contributed by atoms with Crippen molar-refractivity contribution < 1.29 is 8.83 Å². The van der Waals surface area contributed by atoms with E-state index in [1.54, 1.807) is 12.5 Å². The summed E-state index contributed by atoms with van der Waals surface area (Å²) >= 11 is 5.04. The molecule has 0 spiro atoms. The second kappa shape index (κ2) is 6.02. The Bertz CT molecular complexity index is 531. The number of furan rings is 2. The first-order chi connectivity index (χ1) is 8.74. The number of hydrogen-bond donors (Lipinski definition) is 2. The number of hydrogen-bond acceptors (Lipinski definition) is 4. The van der Waals surface area contributed by atoms with Gasteiger partial charge in [0.05, 0.1) is 19.0 Å². The van der Waals surface area contributed by atoms with Gasteiger partial charge in [0.25, 0.3) is 0 Å². The van der Waals surface area contributed by atoms with Crippen molar-refractivity contribution in [3.63, 3.8) is 0 Å². The Morgan fingerprint density at radius 3 is 3.00 bits per heavy atom. The Kier molecular flexibility index (Phi) is 4.14. The Labute approximate surface area is 110 Å². The molecule has 2 aromatic heterocycles. The van der Waals surface area contributed by atoms with Crippen molar-refractivity contribution in [2.75, 3.05) is 0 Å². The molecule has 18 heavy (non-hydrogen) atoms. The van der Waals surface area contributed by atoms with Crippen LogP contribution in [0.1, 0.15) is 17.3 Å². The molecule has 0 bridgehead atoms. The molecule has 94 valence electrons. The molecule has 0 aliphatic carbocycles. The van der Waals surface area contributed by atoms with E-state index in [1.165, 1.54) is 0 Å². The fourth-order valence-electron chi connectivity index (χ4n) is 1.30. The minimum atomic E-state index is 0.422. The summed E-state index contributed by atoms with van der Waals surface area (Å²) in [5.74, 6) is 2.33. The third kappa shape index (κ3) is 3.74. The molecule has 0 fully saturated rings. The predicted molar refractivity (Wildman–Crippen MR) is 72.3 cm³/mol. The molecule has 2 aromatic rings. The number of nitrogens with zero attached hydrogens (tertiary/aromatic N) is 1. The molecular weight excluding hydrogens is 250 g/mol. The number of rotatable bonds is 4. The maximum atomic E-state index is 5.32. The van der Waals surface area contributed by atoms with Crippen LogP contribution in [0.4, 0.5) is 0 Å². The number of thiocarbonyl (C=S) groups is 1. The summed E-state index contributed by atoms with van der Waals surface area (Å²) in [6.45, 7) is 2.40. The minimum Gasteiger partial charge on any atom is -0.467 e. The largest absolute Gasteiger partial charge is 0.467 e. The zero-order valence-corrected chi connectivity index (χ0v) is 10.7. The SMILES string of the molecule is Cc1ccc(/C=N\NC(=S)NCc2ccco2)o1. The average molecular weight is 263 g/mol. The third-order valence-electron chi connectivity index (χ3n) is 2.12. The van der Waals surface area contributed by atoms with Gasteiger partial charge in [-0.2, -0.15) is 5.10 Å². The molecule has 5 nitrogen and oxygen atoms in total. The first-order valence-corrected chi connectivity index (χ1v) is 5.80. The Hall–Kier alpha value is -2.08. The first-order valence-electron chi connectivity index (χ1n) is 5.40. The highest BCUT2D eigenvalue weighted by Crippen LogP contribution is 2.02. The number of hydrazone groups is 1. The highest BCUT2D eigenvalue weighted by molar-refractivity contribution is 7.80. The molecule has 0 amide bonds. The molecule has 0 saturated heterocycles. The first kappa shape index (κ1) is 12.4. The topological polar surface area (TPSA) is 62.7 Å². The van der Waals surface area contributed by atoms with E-state index in [1.807, 2.05) is 31.2 Å². The molecule has 0 radical (unpaired) electrons. The van der Waals surface area contributed by atoms with Crippen molar-refractivity contribution >= 4 is 23.5 Å². The van der Waals surface area contributed by atoms with E-state index >= 15 is 0 Å². The standard InChI is InChI=1S/C12H13N3O2S/c1-9-4-5-11(17-9)8-14-15-12(18)13-7-10-3-2-6-16-10/h2-6,8H,7H2,1H3,(H2,13,15,18)/b14-8-. The van der Waals surface area contributed by atoms with Crippen LogP contribution in [0, 0.1) is 6.92 Å². The second-order valence-electron chi connectivity index (χ2n) is 3.58. The molecule has 0 aromatic carbocycles. The third-order valence-corrected chi connectivity index (χ3v) is 2.36. The highest BCUT2D eigenvalue weighted by atomic mass is 32.1. The summed E-state index contributed by atoms with van der Waals surface area (Å²) in [4.78, 5) is 0. The summed E-state index contributed by atoms with van der Waals surface area (Å²) in [6, 6.07) is 7.39. The smallest absolute Gasteiger partial charge is 0.187 e. The Balaban J connectivity index is 1.73. The van der Waals surface area contributed by atoms with Gasteiger partial charge in [0, 0.05) is 0 Å². The van der Waals surface area contributed by atoms with Crippen LogP contribution in [0.2, 0.25) is 0 Å². The molecule has 6 heteroatoms.